The van der Waals surface area contributed by atoms with Crippen LogP contribution < -0.4 is 10.6 Å². The molecule has 1 aliphatic heterocycles. The van der Waals surface area contributed by atoms with Crippen LogP contribution in [0.2, 0.25) is 0 Å². The first-order valence-corrected chi connectivity index (χ1v) is 12.4. The van der Waals surface area contributed by atoms with Gasteiger partial charge in [-0.05, 0) is 64.5 Å². The molecule has 3 rings (SSSR count). The number of nitrogens with zero attached hydrogens (tertiary/aromatic N) is 2. The van der Waals surface area contributed by atoms with E-state index in [2.05, 4.69) is 27.4 Å². The Morgan fingerprint density at radius 3 is 2.62 bits per heavy atom. The van der Waals surface area contributed by atoms with E-state index >= 15 is 0 Å². The second-order valence-corrected chi connectivity index (χ2v) is 10.1. The molecular weight excluding hydrogens is 408 g/mol. The van der Waals surface area contributed by atoms with Gasteiger partial charge in [-0.3, -0.25) is 10.1 Å². The highest BCUT2D eigenvalue weighted by molar-refractivity contribution is 8.01. The molecule has 1 aromatic rings. The maximum atomic E-state index is 13.2. The van der Waals surface area contributed by atoms with Crippen LogP contribution in [0.25, 0.3) is 0 Å². The van der Waals surface area contributed by atoms with Crippen molar-refractivity contribution < 1.29 is 14.3 Å². The van der Waals surface area contributed by atoms with Crippen molar-refractivity contribution in [3.05, 3.63) is 6.20 Å². The van der Waals surface area contributed by atoms with Crippen LogP contribution in [0, 0.1) is 5.92 Å². The van der Waals surface area contributed by atoms with Gasteiger partial charge in [-0.15, -0.1) is 11.8 Å². The van der Waals surface area contributed by atoms with Gasteiger partial charge in [0.05, 0.1) is 22.8 Å². The molecule has 0 aromatic carbocycles. The Labute approximate surface area is 181 Å². The summed E-state index contributed by atoms with van der Waals surface area (Å²) in [6, 6.07) is 0.562. The smallest absolute Gasteiger partial charge is 0.324 e. The number of aromatic nitrogens is 1. The quantitative estimate of drug-likeness (QED) is 0.493. The number of nitrogens with one attached hydrogen (secondary N) is 2. The van der Waals surface area contributed by atoms with E-state index in [0.717, 1.165) is 48.9 Å². The molecule has 2 amide bonds. The third-order valence-electron chi connectivity index (χ3n) is 5.65. The Morgan fingerprint density at radius 2 is 1.93 bits per heavy atom. The van der Waals surface area contributed by atoms with E-state index in [4.69, 9.17) is 4.74 Å². The van der Waals surface area contributed by atoms with Gasteiger partial charge in [0.15, 0.2) is 5.13 Å². The zero-order valence-electron chi connectivity index (χ0n) is 17.3. The number of anilines is 1. The third kappa shape index (κ3) is 6.58. The van der Waals surface area contributed by atoms with Crippen LogP contribution in [0.1, 0.15) is 52.4 Å². The van der Waals surface area contributed by atoms with Gasteiger partial charge >= 0.3 is 12.0 Å². The van der Waals surface area contributed by atoms with Gasteiger partial charge in [0, 0.05) is 12.1 Å². The average molecular weight is 441 g/mol. The first-order chi connectivity index (χ1) is 14.1. The summed E-state index contributed by atoms with van der Waals surface area (Å²) in [5, 5.41) is 7.01. The largest absolute Gasteiger partial charge is 0.465 e. The minimum Gasteiger partial charge on any atom is -0.465 e. The highest BCUT2D eigenvalue weighted by atomic mass is 32.2. The van der Waals surface area contributed by atoms with Gasteiger partial charge in [-0.2, -0.15) is 0 Å². The van der Waals surface area contributed by atoms with Crippen molar-refractivity contribution >= 4 is 40.2 Å². The van der Waals surface area contributed by atoms with E-state index in [9.17, 15) is 9.59 Å². The normalized spacial score (nSPS) is 22.8. The predicted molar refractivity (Wildman–Crippen MR) is 118 cm³/mol. The highest BCUT2D eigenvalue weighted by Gasteiger charge is 2.34. The Hall–Kier alpha value is -1.32. The number of hydrogen-bond donors (Lipinski definition) is 2. The molecule has 0 atom stereocenters. The number of thioether (sulfide) groups is 1. The summed E-state index contributed by atoms with van der Waals surface area (Å²) in [5.41, 5.74) is 0. The minimum atomic E-state index is -0.236. The standard InChI is InChI=1S/C20H32N4O3S2/c1-3-27-17(25)13-28-18-12-22-19(29-18)23-20(26)24(16-8-10-21-11-9-16)15-6-4-14(2)5-7-15/h12,14-16,21H,3-11,13H2,1-2H3,(H,22,23,26). The molecule has 2 N–H and O–H groups in total. The molecule has 2 heterocycles. The molecule has 1 aliphatic carbocycles. The number of carbonyl (C=O) groups excluding carboxylic acids is 2. The van der Waals surface area contributed by atoms with E-state index in [1.54, 1.807) is 13.1 Å². The van der Waals surface area contributed by atoms with E-state index in [0.29, 0.717) is 17.8 Å². The Morgan fingerprint density at radius 1 is 1.24 bits per heavy atom. The van der Waals surface area contributed by atoms with E-state index < -0.39 is 0 Å². The molecular formula is C20H32N4O3S2. The average Bonchev–Trinajstić information content (AvgIpc) is 3.16. The van der Waals surface area contributed by atoms with Crippen molar-refractivity contribution in [1.29, 1.82) is 0 Å². The fraction of sp³-hybridized carbons (Fsp3) is 0.750. The van der Waals surface area contributed by atoms with Crippen molar-refractivity contribution in [1.82, 2.24) is 15.2 Å². The lowest BCUT2D eigenvalue weighted by Crippen LogP contribution is -2.53. The summed E-state index contributed by atoms with van der Waals surface area (Å²) < 4.78 is 5.85. The third-order valence-corrected chi connectivity index (χ3v) is 7.73. The predicted octanol–water partition coefficient (Wildman–Crippen LogP) is 3.96. The van der Waals surface area contributed by atoms with Crippen LogP contribution in [-0.2, 0) is 9.53 Å². The molecule has 29 heavy (non-hydrogen) atoms. The zero-order valence-corrected chi connectivity index (χ0v) is 18.9. The van der Waals surface area contributed by atoms with Crippen LogP contribution in [0.4, 0.5) is 9.93 Å². The van der Waals surface area contributed by atoms with Crippen LogP contribution in [-0.4, -0.2) is 59.4 Å². The lowest BCUT2D eigenvalue weighted by molar-refractivity contribution is -0.139. The second-order valence-electron chi connectivity index (χ2n) is 7.81. The van der Waals surface area contributed by atoms with E-state index in [1.807, 2.05) is 0 Å². The summed E-state index contributed by atoms with van der Waals surface area (Å²) in [6.07, 6.45) is 8.24. The lowest BCUT2D eigenvalue weighted by atomic mass is 9.85. The first-order valence-electron chi connectivity index (χ1n) is 10.6. The van der Waals surface area contributed by atoms with Gasteiger partial charge < -0.3 is 15.0 Å². The summed E-state index contributed by atoms with van der Waals surface area (Å²) in [5.74, 6) is 0.771. The number of thiazole rings is 1. The van der Waals surface area contributed by atoms with Crippen LogP contribution in [0.5, 0.6) is 0 Å². The molecule has 1 aromatic heterocycles. The van der Waals surface area contributed by atoms with Gasteiger partial charge in [0.2, 0.25) is 0 Å². The molecule has 7 nitrogen and oxygen atoms in total. The van der Waals surface area contributed by atoms with Crippen molar-refractivity contribution in [3.63, 3.8) is 0 Å². The number of rotatable bonds is 7. The Kier molecular flexibility index (Phi) is 8.62. The molecule has 1 saturated carbocycles. The molecule has 2 fully saturated rings. The molecule has 1 saturated heterocycles. The molecule has 0 spiro atoms. The van der Waals surface area contributed by atoms with Gasteiger partial charge in [-0.1, -0.05) is 18.3 Å². The lowest BCUT2D eigenvalue weighted by Gasteiger charge is -2.42. The van der Waals surface area contributed by atoms with Crippen LogP contribution in [0.3, 0.4) is 0 Å². The Balaban J connectivity index is 1.61. The highest BCUT2D eigenvalue weighted by Crippen LogP contribution is 2.32. The number of urea groups is 1. The maximum absolute atomic E-state index is 13.2. The second kappa shape index (κ2) is 11.2. The number of hydrogen-bond acceptors (Lipinski definition) is 7. The number of piperidine rings is 1. The topological polar surface area (TPSA) is 83.6 Å². The van der Waals surface area contributed by atoms with Crippen LogP contribution >= 0.6 is 23.1 Å². The summed E-state index contributed by atoms with van der Waals surface area (Å²) in [6.45, 7) is 6.41. The monoisotopic (exact) mass is 440 g/mol. The summed E-state index contributed by atoms with van der Waals surface area (Å²) in [4.78, 5) is 31.2. The van der Waals surface area contributed by atoms with Crippen molar-refractivity contribution in [2.45, 2.75) is 68.7 Å². The molecule has 0 bridgehead atoms. The molecule has 9 heteroatoms. The summed E-state index contributed by atoms with van der Waals surface area (Å²) in [7, 11) is 0. The van der Waals surface area contributed by atoms with Crippen molar-refractivity contribution in [2.24, 2.45) is 5.92 Å². The fourth-order valence-corrected chi connectivity index (χ4v) is 5.77. The zero-order chi connectivity index (χ0) is 20.6. The molecule has 2 aliphatic rings. The molecule has 0 unspecified atom stereocenters. The van der Waals surface area contributed by atoms with Gasteiger partial charge in [-0.25, -0.2) is 9.78 Å². The Bertz CT molecular complexity index is 670. The van der Waals surface area contributed by atoms with Gasteiger partial charge in [0.25, 0.3) is 0 Å². The van der Waals surface area contributed by atoms with Crippen molar-refractivity contribution in [3.8, 4) is 0 Å². The molecule has 162 valence electrons. The van der Waals surface area contributed by atoms with Gasteiger partial charge in [0.1, 0.15) is 0 Å². The fourth-order valence-electron chi connectivity index (χ4n) is 4.11. The minimum absolute atomic E-state index is 0.0345. The summed E-state index contributed by atoms with van der Waals surface area (Å²) >= 11 is 2.79. The van der Waals surface area contributed by atoms with Crippen LogP contribution in [0.15, 0.2) is 10.4 Å². The number of esters is 1. The van der Waals surface area contributed by atoms with Crippen molar-refractivity contribution in [2.75, 3.05) is 30.8 Å². The number of carbonyl (C=O) groups is 2. The number of ether oxygens (including phenoxy) is 1. The SMILES string of the molecule is CCOC(=O)CSc1cnc(NC(=O)N(C2CCNCC2)C2CCC(C)CC2)s1. The maximum Gasteiger partial charge on any atom is 0.324 e. The first kappa shape index (κ1) is 22.4. The van der Waals surface area contributed by atoms with E-state index in [1.165, 1.54) is 35.9 Å². The number of amides is 2. The van der Waals surface area contributed by atoms with E-state index in [-0.39, 0.29) is 23.8 Å². The molecule has 0 radical (unpaired) electrons.